The van der Waals surface area contributed by atoms with E-state index in [0.29, 0.717) is 0 Å². The van der Waals surface area contributed by atoms with E-state index in [4.69, 9.17) is 0 Å². The van der Waals surface area contributed by atoms with E-state index in [0.717, 1.165) is 10.9 Å². The number of aromatic nitrogens is 2. The van der Waals surface area contributed by atoms with Gasteiger partial charge in [0.05, 0.1) is 0 Å². The molecule has 0 aliphatic rings. The molecule has 0 N–H and O–H groups in total. The average molecular weight is 131 g/mol. The van der Waals surface area contributed by atoms with Gasteiger partial charge in [0.2, 0.25) is 0 Å². The Bertz CT molecular complexity index is 316. The fourth-order valence-electron chi connectivity index (χ4n) is 1.02. The monoisotopic (exact) mass is 131 g/mol. The third-order valence-electron chi connectivity index (χ3n) is 1.45. The van der Waals surface area contributed by atoms with E-state index in [1.165, 1.54) is 0 Å². The Morgan fingerprint density at radius 2 is 2.50 bits per heavy atom. The van der Waals surface area contributed by atoms with Crippen LogP contribution in [0.15, 0.2) is 24.4 Å². The molecule has 1 heterocycles. The van der Waals surface area contributed by atoms with Crippen molar-refractivity contribution in [2.75, 3.05) is 0 Å². The molecule has 0 unspecified atom stereocenters. The van der Waals surface area contributed by atoms with Crippen molar-refractivity contribution in [1.29, 1.82) is 0 Å². The molecular weight excluding hydrogens is 124 g/mol. The maximum atomic E-state index is 4.17. The number of fused-ring (bicyclic) bond motifs is 1. The van der Waals surface area contributed by atoms with Gasteiger partial charge in [-0.2, -0.15) is 5.10 Å². The van der Waals surface area contributed by atoms with E-state index in [-0.39, 0.29) is 0 Å². The van der Waals surface area contributed by atoms with Crippen molar-refractivity contribution in [3.8, 4) is 0 Å². The van der Waals surface area contributed by atoms with Gasteiger partial charge in [0.25, 0.3) is 0 Å². The van der Waals surface area contributed by atoms with Gasteiger partial charge in [-0.25, -0.2) is 0 Å². The van der Waals surface area contributed by atoms with Crippen LogP contribution in [0.4, 0.5) is 0 Å². The SMILES string of the molecule is Cn1cc2ccc[c]c2n1. The highest BCUT2D eigenvalue weighted by Gasteiger charge is 1.93. The highest BCUT2D eigenvalue weighted by molar-refractivity contribution is 5.76. The molecule has 0 saturated heterocycles. The van der Waals surface area contributed by atoms with E-state index in [1.807, 2.05) is 31.4 Å². The first-order valence-corrected chi connectivity index (χ1v) is 3.16. The second-order valence-corrected chi connectivity index (χ2v) is 2.28. The van der Waals surface area contributed by atoms with Crippen LogP contribution in [-0.2, 0) is 7.05 Å². The molecule has 49 valence electrons. The topological polar surface area (TPSA) is 17.8 Å². The summed E-state index contributed by atoms with van der Waals surface area (Å²) >= 11 is 0. The summed E-state index contributed by atoms with van der Waals surface area (Å²) in [4.78, 5) is 0. The van der Waals surface area contributed by atoms with Gasteiger partial charge in [0.15, 0.2) is 0 Å². The lowest BCUT2D eigenvalue weighted by molar-refractivity contribution is 0.779. The van der Waals surface area contributed by atoms with Crippen molar-refractivity contribution in [2.24, 2.45) is 7.05 Å². The molecule has 0 aliphatic heterocycles. The Balaban J connectivity index is 2.88. The van der Waals surface area contributed by atoms with Crippen LogP contribution in [0.5, 0.6) is 0 Å². The summed E-state index contributed by atoms with van der Waals surface area (Å²) in [5.74, 6) is 0. The molecule has 2 nitrogen and oxygen atoms in total. The smallest absolute Gasteiger partial charge is 0.100 e. The molecule has 0 aliphatic carbocycles. The first kappa shape index (κ1) is 5.47. The van der Waals surface area contributed by atoms with Gasteiger partial charge in [-0.1, -0.05) is 18.2 Å². The predicted molar refractivity (Wildman–Crippen MR) is 39.6 cm³/mol. The molecule has 10 heavy (non-hydrogen) atoms. The Kier molecular flexibility index (Phi) is 1.01. The number of aryl methyl sites for hydroxylation is 1. The summed E-state index contributed by atoms with van der Waals surface area (Å²) in [6, 6.07) is 8.90. The molecule has 1 aromatic heterocycles. The molecule has 1 aromatic carbocycles. The summed E-state index contributed by atoms with van der Waals surface area (Å²) in [5.41, 5.74) is 0.935. The normalized spacial score (nSPS) is 10.5. The molecule has 2 heteroatoms. The lowest BCUT2D eigenvalue weighted by Crippen LogP contribution is -1.84. The second kappa shape index (κ2) is 1.84. The minimum absolute atomic E-state index is 0.935. The third kappa shape index (κ3) is 0.692. The number of hydrogen-bond acceptors (Lipinski definition) is 1. The molecule has 0 amide bonds. The van der Waals surface area contributed by atoms with Gasteiger partial charge in [0, 0.05) is 24.7 Å². The van der Waals surface area contributed by atoms with E-state index in [9.17, 15) is 0 Å². The Morgan fingerprint density at radius 3 is 3.30 bits per heavy atom. The zero-order valence-electron chi connectivity index (χ0n) is 5.70. The van der Waals surface area contributed by atoms with Crippen LogP contribution < -0.4 is 0 Å². The molecule has 1 radical (unpaired) electrons. The zero-order valence-corrected chi connectivity index (χ0v) is 5.70. The Hall–Kier alpha value is -1.31. The van der Waals surface area contributed by atoms with Crippen LogP contribution in [0.1, 0.15) is 0 Å². The van der Waals surface area contributed by atoms with Crippen molar-refractivity contribution < 1.29 is 0 Å². The lowest BCUT2D eigenvalue weighted by atomic mass is 10.3. The molecule has 0 fully saturated rings. The van der Waals surface area contributed by atoms with E-state index >= 15 is 0 Å². The zero-order chi connectivity index (χ0) is 6.97. The van der Waals surface area contributed by atoms with Gasteiger partial charge in [0.1, 0.15) is 5.52 Å². The van der Waals surface area contributed by atoms with Crippen molar-refractivity contribution in [2.45, 2.75) is 0 Å². The first-order chi connectivity index (χ1) is 4.86. The largest absolute Gasteiger partial charge is 0.275 e. The number of rotatable bonds is 0. The predicted octanol–water partition coefficient (Wildman–Crippen LogP) is 1.37. The van der Waals surface area contributed by atoms with Crippen LogP contribution in [-0.4, -0.2) is 9.78 Å². The molecule has 2 rings (SSSR count). The minimum atomic E-state index is 0.935. The van der Waals surface area contributed by atoms with Gasteiger partial charge in [-0.3, -0.25) is 4.68 Å². The summed E-state index contributed by atoms with van der Waals surface area (Å²) in [7, 11) is 1.91. The summed E-state index contributed by atoms with van der Waals surface area (Å²) in [6.07, 6.45) is 1.98. The number of hydrogen-bond donors (Lipinski definition) is 0. The standard InChI is InChI=1S/C8H7N2/c1-10-6-7-4-2-3-5-8(7)9-10/h2-4,6H,1H3. The lowest BCUT2D eigenvalue weighted by Gasteiger charge is -1.79. The highest BCUT2D eigenvalue weighted by atomic mass is 15.2. The van der Waals surface area contributed by atoms with Crippen molar-refractivity contribution in [3.05, 3.63) is 30.5 Å². The Morgan fingerprint density at radius 1 is 1.60 bits per heavy atom. The number of benzene rings is 1. The van der Waals surface area contributed by atoms with Gasteiger partial charge in [-0.05, 0) is 0 Å². The number of nitrogens with zero attached hydrogens (tertiary/aromatic N) is 2. The van der Waals surface area contributed by atoms with E-state index in [1.54, 1.807) is 4.68 Å². The second-order valence-electron chi connectivity index (χ2n) is 2.28. The first-order valence-electron chi connectivity index (χ1n) is 3.16. The highest BCUT2D eigenvalue weighted by Crippen LogP contribution is 2.08. The van der Waals surface area contributed by atoms with Crippen LogP contribution in [0.2, 0.25) is 0 Å². The van der Waals surface area contributed by atoms with Gasteiger partial charge < -0.3 is 0 Å². The van der Waals surface area contributed by atoms with Crippen molar-refractivity contribution >= 4 is 10.9 Å². The molecule has 2 aromatic rings. The molecular formula is C8H7N2. The van der Waals surface area contributed by atoms with Gasteiger partial charge in [-0.15, -0.1) is 0 Å². The van der Waals surface area contributed by atoms with Crippen molar-refractivity contribution in [1.82, 2.24) is 9.78 Å². The maximum Gasteiger partial charge on any atom is 0.100 e. The summed E-state index contributed by atoms with van der Waals surface area (Å²) in [6.45, 7) is 0. The quantitative estimate of drug-likeness (QED) is 0.528. The van der Waals surface area contributed by atoms with Crippen LogP contribution in [0, 0.1) is 6.07 Å². The summed E-state index contributed by atoms with van der Waals surface area (Å²) in [5, 5.41) is 5.32. The van der Waals surface area contributed by atoms with E-state index in [2.05, 4.69) is 11.2 Å². The molecule has 0 spiro atoms. The van der Waals surface area contributed by atoms with Crippen LogP contribution in [0.25, 0.3) is 10.9 Å². The summed E-state index contributed by atoms with van der Waals surface area (Å²) < 4.78 is 1.79. The van der Waals surface area contributed by atoms with Crippen LogP contribution >= 0.6 is 0 Å². The fraction of sp³-hybridized carbons (Fsp3) is 0.125. The van der Waals surface area contributed by atoms with Crippen molar-refractivity contribution in [3.63, 3.8) is 0 Å². The molecule has 0 bridgehead atoms. The molecule has 0 saturated carbocycles. The van der Waals surface area contributed by atoms with Crippen LogP contribution in [0.3, 0.4) is 0 Å². The third-order valence-corrected chi connectivity index (χ3v) is 1.45. The van der Waals surface area contributed by atoms with Gasteiger partial charge >= 0.3 is 0 Å². The van der Waals surface area contributed by atoms with E-state index < -0.39 is 0 Å². The molecule has 0 atom stereocenters. The Labute approximate surface area is 59.1 Å². The fourth-order valence-corrected chi connectivity index (χ4v) is 1.02. The minimum Gasteiger partial charge on any atom is -0.275 e. The average Bonchev–Trinajstić information content (AvgIpc) is 2.27. The maximum absolute atomic E-state index is 4.17.